The van der Waals surface area contributed by atoms with Crippen LogP contribution >= 0.6 is 11.6 Å². The molecule has 0 aromatic heterocycles. The van der Waals surface area contributed by atoms with Crippen LogP contribution in [0.15, 0.2) is 48.5 Å². The highest BCUT2D eigenvalue weighted by Crippen LogP contribution is 2.35. The summed E-state index contributed by atoms with van der Waals surface area (Å²) < 4.78 is 0. The van der Waals surface area contributed by atoms with Crippen molar-refractivity contribution in [3.05, 3.63) is 59.1 Å². The Bertz CT molecular complexity index is 725. The molecule has 1 aliphatic heterocycles. The summed E-state index contributed by atoms with van der Waals surface area (Å²) in [6.45, 7) is 5.27. The minimum Gasteiger partial charge on any atom is -0.299 e. The third kappa shape index (κ3) is 3.98. The lowest BCUT2D eigenvalue weighted by atomic mass is 9.78. The Morgan fingerprint density at radius 3 is 2.46 bits per heavy atom. The monoisotopic (exact) mass is 338 g/mol. The number of rotatable bonds is 4. The van der Waals surface area contributed by atoms with Crippen LogP contribution in [0.2, 0.25) is 5.02 Å². The first-order valence-electron chi connectivity index (χ1n) is 8.53. The van der Waals surface area contributed by atoms with Crippen molar-refractivity contribution in [2.24, 2.45) is 5.41 Å². The molecule has 2 aromatic carbocycles. The van der Waals surface area contributed by atoms with E-state index in [4.69, 9.17) is 16.9 Å². The van der Waals surface area contributed by atoms with Gasteiger partial charge < -0.3 is 0 Å². The van der Waals surface area contributed by atoms with E-state index in [0.29, 0.717) is 6.42 Å². The lowest BCUT2D eigenvalue weighted by molar-refractivity contribution is 0.116. The van der Waals surface area contributed by atoms with Crippen molar-refractivity contribution in [2.75, 3.05) is 13.1 Å². The summed E-state index contributed by atoms with van der Waals surface area (Å²) in [6, 6.07) is 19.0. The number of piperidine rings is 1. The predicted octanol–water partition coefficient (Wildman–Crippen LogP) is 5.52. The lowest BCUT2D eigenvalue weighted by Crippen LogP contribution is -2.38. The molecule has 3 rings (SSSR count). The number of benzene rings is 2. The second-order valence-electron chi connectivity index (χ2n) is 7.10. The van der Waals surface area contributed by atoms with Crippen LogP contribution in [0, 0.1) is 16.7 Å². The van der Waals surface area contributed by atoms with Crippen molar-refractivity contribution in [1.29, 1.82) is 5.26 Å². The van der Waals surface area contributed by atoms with Crippen molar-refractivity contribution in [3.8, 4) is 17.2 Å². The number of hydrogen-bond donors (Lipinski definition) is 0. The third-order valence-electron chi connectivity index (χ3n) is 5.09. The minimum absolute atomic E-state index is 0.195. The van der Waals surface area contributed by atoms with Gasteiger partial charge in [0, 0.05) is 23.6 Å². The fourth-order valence-electron chi connectivity index (χ4n) is 3.39. The first-order chi connectivity index (χ1) is 11.6. The molecule has 0 saturated carbocycles. The molecule has 3 heteroatoms. The fourth-order valence-corrected chi connectivity index (χ4v) is 3.70. The van der Waals surface area contributed by atoms with Gasteiger partial charge in [0.15, 0.2) is 0 Å². The molecule has 1 fully saturated rings. The third-order valence-corrected chi connectivity index (χ3v) is 5.41. The molecule has 0 atom stereocenters. The van der Waals surface area contributed by atoms with Gasteiger partial charge in [0.1, 0.15) is 0 Å². The largest absolute Gasteiger partial charge is 0.299 e. The van der Waals surface area contributed by atoms with Crippen LogP contribution in [0.25, 0.3) is 11.1 Å². The molecule has 2 aromatic rings. The van der Waals surface area contributed by atoms with Crippen LogP contribution in [-0.4, -0.2) is 18.0 Å². The molecule has 124 valence electrons. The molecule has 1 aliphatic rings. The first-order valence-corrected chi connectivity index (χ1v) is 8.91. The molecule has 0 radical (unpaired) electrons. The van der Waals surface area contributed by atoms with E-state index in [1.165, 1.54) is 5.56 Å². The number of nitriles is 1. The van der Waals surface area contributed by atoms with Crippen molar-refractivity contribution >= 4 is 11.6 Å². The standard InChI is InChI=1S/C21H23ClN2/c1-21(9-12-23)10-13-24(14-11-21)16-17-7-8-19(20(22)15-17)18-5-3-2-4-6-18/h2-8,15H,9-11,13-14,16H2,1H3. The van der Waals surface area contributed by atoms with Crippen LogP contribution in [0.1, 0.15) is 31.7 Å². The van der Waals surface area contributed by atoms with Crippen molar-refractivity contribution in [3.63, 3.8) is 0 Å². The Hall–Kier alpha value is -1.82. The van der Waals surface area contributed by atoms with E-state index in [2.05, 4.69) is 48.2 Å². The Morgan fingerprint density at radius 1 is 1.12 bits per heavy atom. The van der Waals surface area contributed by atoms with Crippen molar-refractivity contribution in [1.82, 2.24) is 4.90 Å². The zero-order valence-electron chi connectivity index (χ0n) is 14.1. The second kappa shape index (κ2) is 7.38. The number of nitrogens with zero attached hydrogens (tertiary/aromatic N) is 2. The zero-order chi connectivity index (χ0) is 17.0. The van der Waals surface area contributed by atoms with E-state index in [1.807, 2.05) is 18.2 Å². The summed E-state index contributed by atoms with van der Waals surface area (Å²) in [6.07, 6.45) is 2.85. The smallest absolute Gasteiger partial charge is 0.0627 e. The second-order valence-corrected chi connectivity index (χ2v) is 7.51. The SMILES string of the molecule is CC1(CC#N)CCN(Cc2ccc(-c3ccccc3)c(Cl)c2)CC1. The fraction of sp³-hybridized carbons (Fsp3) is 0.381. The van der Waals surface area contributed by atoms with E-state index >= 15 is 0 Å². The van der Waals surface area contributed by atoms with E-state index < -0.39 is 0 Å². The molecule has 0 unspecified atom stereocenters. The first kappa shape index (κ1) is 17.0. The predicted molar refractivity (Wildman–Crippen MR) is 99.7 cm³/mol. The van der Waals surface area contributed by atoms with Crippen molar-refractivity contribution < 1.29 is 0 Å². The summed E-state index contributed by atoms with van der Waals surface area (Å²) >= 11 is 6.51. The Balaban J connectivity index is 1.65. The van der Waals surface area contributed by atoms with Gasteiger partial charge in [-0.15, -0.1) is 0 Å². The highest BCUT2D eigenvalue weighted by Gasteiger charge is 2.29. The molecule has 0 aliphatic carbocycles. The van der Waals surface area contributed by atoms with E-state index in [1.54, 1.807) is 0 Å². The van der Waals surface area contributed by atoms with Gasteiger partial charge in [0.25, 0.3) is 0 Å². The summed E-state index contributed by atoms with van der Waals surface area (Å²) in [5, 5.41) is 9.77. The van der Waals surface area contributed by atoms with Crippen LogP contribution < -0.4 is 0 Å². The van der Waals surface area contributed by atoms with Crippen LogP contribution in [0.5, 0.6) is 0 Å². The Morgan fingerprint density at radius 2 is 1.83 bits per heavy atom. The highest BCUT2D eigenvalue weighted by atomic mass is 35.5. The van der Waals surface area contributed by atoms with Gasteiger partial charge in [-0.1, -0.05) is 61.0 Å². The molecule has 1 heterocycles. The summed E-state index contributed by atoms with van der Waals surface area (Å²) in [4.78, 5) is 2.47. The number of halogens is 1. The molecule has 0 N–H and O–H groups in total. The topological polar surface area (TPSA) is 27.0 Å². The van der Waals surface area contributed by atoms with Gasteiger partial charge in [0.05, 0.1) is 6.07 Å². The zero-order valence-corrected chi connectivity index (χ0v) is 14.9. The normalized spacial score (nSPS) is 17.4. The van der Waals surface area contributed by atoms with Gasteiger partial charge in [-0.2, -0.15) is 5.26 Å². The van der Waals surface area contributed by atoms with Crippen molar-refractivity contribution in [2.45, 2.75) is 32.7 Å². The van der Waals surface area contributed by atoms with Crippen LogP contribution in [0.3, 0.4) is 0 Å². The maximum Gasteiger partial charge on any atom is 0.0627 e. The summed E-state index contributed by atoms with van der Waals surface area (Å²) in [5.74, 6) is 0. The molecular weight excluding hydrogens is 316 g/mol. The maximum atomic E-state index is 8.96. The Kier molecular flexibility index (Phi) is 5.23. The van der Waals surface area contributed by atoms with Crippen LogP contribution in [0.4, 0.5) is 0 Å². The lowest BCUT2D eigenvalue weighted by Gasteiger charge is -2.38. The molecule has 2 nitrogen and oxygen atoms in total. The van der Waals surface area contributed by atoms with Gasteiger partial charge in [0.2, 0.25) is 0 Å². The van der Waals surface area contributed by atoms with Gasteiger partial charge in [-0.25, -0.2) is 0 Å². The summed E-state index contributed by atoms with van der Waals surface area (Å²) in [5.41, 5.74) is 3.68. The Labute approximate surface area is 149 Å². The molecule has 0 spiro atoms. The van der Waals surface area contributed by atoms with E-state index in [-0.39, 0.29) is 5.41 Å². The minimum atomic E-state index is 0.195. The van der Waals surface area contributed by atoms with Gasteiger partial charge in [-0.3, -0.25) is 4.90 Å². The maximum absolute atomic E-state index is 8.96. The summed E-state index contributed by atoms with van der Waals surface area (Å²) in [7, 11) is 0. The van der Waals surface area contributed by atoms with Crippen LogP contribution in [-0.2, 0) is 6.54 Å². The molecule has 24 heavy (non-hydrogen) atoms. The number of likely N-dealkylation sites (tertiary alicyclic amines) is 1. The quantitative estimate of drug-likeness (QED) is 0.733. The average Bonchev–Trinajstić information content (AvgIpc) is 2.58. The molecule has 0 bridgehead atoms. The molecule has 0 amide bonds. The molecule has 1 saturated heterocycles. The number of hydrogen-bond acceptors (Lipinski definition) is 2. The van der Waals surface area contributed by atoms with Gasteiger partial charge >= 0.3 is 0 Å². The average molecular weight is 339 g/mol. The van der Waals surface area contributed by atoms with E-state index in [0.717, 1.165) is 48.6 Å². The van der Waals surface area contributed by atoms with E-state index in [9.17, 15) is 0 Å². The van der Waals surface area contributed by atoms with Gasteiger partial charge in [-0.05, 0) is 48.5 Å². The molecular formula is C21H23ClN2. The highest BCUT2D eigenvalue weighted by molar-refractivity contribution is 6.33.